The molecule has 0 bridgehead atoms. The summed E-state index contributed by atoms with van der Waals surface area (Å²) >= 11 is 0. The minimum absolute atomic E-state index is 0.209. The van der Waals surface area contributed by atoms with Crippen molar-refractivity contribution in [2.24, 2.45) is 0 Å². The van der Waals surface area contributed by atoms with E-state index >= 15 is 0 Å². The standard InChI is InChI=1S/C17H16N2O3S/c1-23(21,22)18-13-15-7-10-16(11-8-15)19-17(20)12-9-14-5-3-2-4-6-14/h2-8,10-11,18H,13H2,1H3,(H,19,20). The van der Waals surface area contributed by atoms with Crippen LogP contribution < -0.4 is 10.0 Å². The number of anilines is 1. The van der Waals surface area contributed by atoms with Crippen LogP contribution in [0.3, 0.4) is 0 Å². The maximum absolute atomic E-state index is 11.8. The van der Waals surface area contributed by atoms with Crippen LogP contribution in [0.4, 0.5) is 5.69 Å². The number of rotatable bonds is 4. The highest BCUT2D eigenvalue weighted by Gasteiger charge is 2.02. The molecule has 2 rings (SSSR count). The SMILES string of the molecule is CS(=O)(=O)NCc1ccc(NC(=O)C#Cc2ccccc2)cc1. The molecule has 2 aromatic carbocycles. The quantitative estimate of drug-likeness (QED) is 0.839. The molecule has 0 aliphatic carbocycles. The molecule has 23 heavy (non-hydrogen) atoms. The smallest absolute Gasteiger partial charge is 0.300 e. The van der Waals surface area contributed by atoms with E-state index in [2.05, 4.69) is 21.9 Å². The van der Waals surface area contributed by atoms with E-state index in [9.17, 15) is 13.2 Å². The zero-order valence-corrected chi connectivity index (χ0v) is 13.4. The van der Waals surface area contributed by atoms with Crippen molar-refractivity contribution in [2.75, 3.05) is 11.6 Å². The van der Waals surface area contributed by atoms with Crippen molar-refractivity contribution >= 4 is 21.6 Å². The molecule has 0 heterocycles. The summed E-state index contributed by atoms with van der Waals surface area (Å²) in [6, 6.07) is 16.1. The van der Waals surface area contributed by atoms with E-state index in [1.165, 1.54) is 0 Å². The molecule has 0 saturated carbocycles. The summed E-state index contributed by atoms with van der Waals surface area (Å²) in [5.41, 5.74) is 2.16. The molecule has 0 spiro atoms. The third-order valence-electron chi connectivity index (χ3n) is 2.84. The fraction of sp³-hybridized carbons (Fsp3) is 0.118. The van der Waals surface area contributed by atoms with E-state index in [1.807, 2.05) is 30.3 Å². The summed E-state index contributed by atoms with van der Waals surface area (Å²) in [4.78, 5) is 11.8. The Bertz CT molecular complexity index is 833. The molecule has 2 N–H and O–H groups in total. The minimum atomic E-state index is -3.22. The topological polar surface area (TPSA) is 75.3 Å². The van der Waals surface area contributed by atoms with Gasteiger partial charge in [0.25, 0.3) is 0 Å². The van der Waals surface area contributed by atoms with Crippen LogP contribution in [0.2, 0.25) is 0 Å². The Kier molecular flexibility index (Phi) is 5.52. The van der Waals surface area contributed by atoms with E-state index in [-0.39, 0.29) is 6.54 Å². The molecule has 5 nitrogen and oxygen atoms in total. The van der Waals surface area contributed by atoms with E-state index in [0.717, 1.165) is 17.4 Å². The van der Waals surface area contributed by atoms with Crippen LogP contribution in [-0.4, -0.2) is 20.6 Å². The van der Waals surface area contributed by atoms with Crippen molar-refractivity contribution in [3.8, 4) is 11.8 Å². The highest BCUT2D eigenvalue weighted by atomic mass is 32.2. The highest BCUT2D eigenvalue weighted by Crippen LogP contribution is 2.09. The molecular weight excluding hydrogens is 312 g/mol. The fourth-order valence-corrected chi connectivity index (χ4v) is 2.16. The van der Waals surface area contributed by atoms with E-state index < -0.39 is 15.9 Å². The van der Waals surface area contributed by atoms with Crippen LogP contribution in [0.1, 0.15) is 11.1 Å². The van der Waals surface area contributed by atoms with E-state index in [4.69, 9.17) is 0 Å². The Balaban J connectivity index is 1.93. The highest BCUT2D eigenvalue weighted by molar-refractivity contribution is 7.88. The van der Waals surface area contributed by atoms with Crippen molar-refractivity contribution in [3.63, 3.8) is 0 Å². The number of benzene rings is 2. The lowest BCUT2D eigenvalue weighted by molar-refractivity contribution is -0.111. The molecule has 0 aliphatic heterocycles. The van der Waals surface area contributed by atoms with Gasteiger partial charge in [-0.05, 0) is 29.8 Å². The zero-order chi connectivity index (χ0) is 16.7. The number of carbonyl (C=O) groups excluding carboxylic acids is 1. The van der Waals surface area contributed by atoms with Crippen LogP contribution in [0, 0.1) is 11.8 Å². The lowest BCUT2D eigenvalue weighted by Crippen LogP contribution is -2.21. The Hall–Kier alpha value is -2.62. The average Bonchev–Trinajstić information content (AvgIpc) is 2.53. The van der Waals surface area contributed by atoms with Crippen molar-refractivity contribution in [3.05, 3.63) is 65.7 Å². The number of sulfonamides is 1. The minimum Gasteiger partial charge on any atom is -0.315 e. The molecule has 6 heteroatoms. The second kappa shape index (κ2) is 7.58. The van der Waals surface area contributed by atoms with Gasteiger partial charge in [0, 0.05) is 23.7 Å². The van der Waals surface area contributed by atoms with Gasteiger partial charge in [-0.3, -0.25) is 4.79 Å². The number of hydrogen-bond acceptors (Lipinski definition) is 3. The summed E-state index contributed by atoms with van der Waals surface area (Å²) in [6.45, 7) is 0.209. The zero-order valence-electron chi connectivity index (χ0n) is 12.5. The molecule has 0 fully saturated rings. The summed E-state index contributed by atoms with van der Waals surface area (Å²) in [7, 11) is -3.22. The van der Waals surface area contributed by atoms with Gasteiger partial charge in [0.2, 0.25) is 10.0 Å². The Labute approximate surface area is 135 Å². The Morgan fingerprint density at radius 1 is 1.04 bits per heavy atom. The molecule has 0 aromatic heterocycles. The fourth-order valence-electron chi connectivity index (χ4n) is 1.73. The first-order chi connectivity index (χ1) is 10.9. The van der Waals surface area contributed by atoms with Gasteiger partial charge < -0.3 is 5.32 Å². The van der Waals surface area contributed by atoms with Crippen LogP contribution in [0.25, 0.3) is 0 Å². The third kappa shape index (κ3) is 6.34. The number of hydrogen-bond donors (Lipinski definition) is 2. The predicted molar refractivity (Wildman–Crippen MR) is 90.1 cm³/mol. The molecular formula is C17H16N2O3S. The van der Waals surface area contributed by atoms with E-state index in [0.29, 0.717) is 5.69 Å². The van der Waals surface area contributed by atoms with Gasteiger partial charge in [-0.1, -0.05) is 36.3 Å². The lowest BCUT2D eigenvalue weighted by atomic mass is 10.2. The van der Waals surface area contributed by atoms with Gasteiger partial charge in [0.05, 0.1) is 6.26 Å². The maximum atomic E-state index is 11.8. The Morgan fingerprint density at radius 2 is 1.70 bits per heavy atom. The van der Waals surface area contributed by atoms with Crippen LogP contribution in [0.15, 0.2) is 54.6 Å². The molecule has 0 saturated heterocycles. The summed E-state index contributed by atoms with van der Waals surface area (Å²) in [6.07, 6.45) is 1.10. The summed E-state index contributed by atoms with van der Waals surface area (Å²) in [5, 5.41) is 2.66. The number of amides is 1. The number of nitrogens with one attached hydrogen (secondary N) is 2. The first kappa shape index (κ1) is 16.7. The van der Waals surface area contributed by atoms with Gasteiger partial charge in [-0.25, -0.2) is 13.1 Å². The van der Waals surface area contributed by atoms with Crippen LogP contribution in [-0.2, 0) is 21.4 Å². The Morgan fingerprint density at radius 3 is 2.30 bits per heavy atom. The monoisotopic (exact) mass is 328 g/mol. The first-order valence-electron chi connectivity index (χ1n) is 6.84. The number of carbonyl (C=O) groups is 1. The van der Waals surface area contributed by atoms with Crippen molar-refractivity contribution < 1.29 is 13.2 Å². The van der Waals surface area contributed by atoms with Gasteiger partial charge in [-0.2, -0.15) is 0 Å². The second-order valence-corrected chi connectivity index (χ2v) is 6.69. The van der Waals surface area contributed by atoms with Crippen LogP contribution >= 0.6 is 0 Å². The van der Waals surface area contributed by atoms with Gasteiger partial charge in [0.1, 0.15) is 0 Å². The largest absolute Gasteiger partial charge is 0.315 e. The van der Waals surface area contributed by atoms with Gasteiger partial charge in [0.15, 0.2) is 0 Å². The molecule has 118 valence electrons. The molecule has 0 atom stereocenters. The molecule has 0 aliphatic rings. The van der Waals surface area contributed by atoms with Gasteiger partial charge in [-0.15, -0.1) is 0 Å². The summed E-state index contributed by atoms with van der Waals surface area (Å²) in [5.74, 6) is 4.88. The first-order valence-corrected chi connectivity index (χ1v) is 8.73. The average molecular weight is 328 g/mol. The predicted octanol–water partition coefficient (Wildman–Crippen LogP) is 1.73. The molecule has 1 amide bonds. The normalized spacial score (nSPS) is 10.5. The lowest BCUT2D eigenvalue weighted by Gasteiger charge is -2.04. The van der Waals surface area contributed by atoms with Crippen molar-refractivity contribution in [1.82, 2.24) is 4.72 Å². The maximum Gasteiger partial charge on any atom is 0.300 e. The third-order valence-corrected chi connectivity index (χ3v) is 3.51. The van der Waals surface area contributed by atoms with Crippen molar-refractivity contribution in [1.29, 1.82) is 0 Å². The van der Waals surface area contributed by atoms with Crippen LogP contribution in [0.5, 0.6) is 0 Å². The van der Waals surface area contributed by atoms with Crippen molar-refractivity contribution in [2.45, 2.75) is 6.54 Å². The molecule has 0 unspecified atom stereocenters. The molecule has 0 radical (unpaired) electrons. The second-order valence-electron chi connectivity index (χ2n) is 4.86. The summed E-state index contributed by atoms with van der Waals surface area (Å²) < 4.78 is 24.4. The molecule has 2 aromatic rings. The van der Waals surface area contributed by atoms with E-state index in [1.54, 1.807) is 24.3 Å². The van der Waals surface area contributed by atoms with Gasteiger partial charge >= 0.3 is 5.91 Å².